The van der Waals surface area contributed by atoms with Crippen molar-refractivity contribution in [2.75, 3.05) is 13.2 Å². The van der Waals surface area contributed by atoms with Crippen LogP contribution in [0.3, 0.4) is 0 Å². The van der Waals surface area contributed by atoms with Crippen molar-refractivity contribution in [3.63, 3.8) is 0 Å². The molecule has 0 fully saturated rings. The van der Waals surface area contributed by atoms with E-state index < -0.39 is 11.9 Å². The Kier molecular flexibility index (Phi) is 21.2. The lowest BCUT2D eigenvalue weighted by Crippen LogP contribution is -2.12. The van der Waals surface area contributed by atoms with E-state index in [1.54, 1.807) is 0 Å². The smallest absolute Gasteiger partial charge is 0.305 e. The summed E-state index contributed by atoms with van der Waals surface area (Å²) < 4.78 is 10.6. The number of hydrogen-bond donors (Lipinski definition) is 2. The summed E-state index contributed by atoms with van der Waals surface area (Å²) in [6.45, 7) is 2.82. The Bertz CT molecular complexity index is 513. The molecule has 0 rings (SSSR count). The molecule has 0 bridgehead atoms. The first-order chi connectivity index (χ1) is 16.3. The third kappa shape index (κ3) is 24.5. The van der Waals surface area contributed by atoms with Crippen molar-refractivity contribution in [1.82, 2.24) is 0 Å². The topological polar surface area (TPSA) is 127 Å². The standard InChI is InChI=1S/C26H46O8/c1-22(18-20-33-25(31)16-12-8-4-2-6-10-14-23(27)28)19-21-34-26(32)17-13-9-5-3-7-11-15-24(29)30/h22H,2-21H2,1H3,(H,27,28)(H,29,30). The Morgan fingerprint density at radius 3 is 1.15 bits per heavy atom. The molecule has 0 saturated carbocycles. The summed E-state index contributed by atoms with van der Waals surface area (Å²) in [5, 5.41) is 17.2. The Morgan fingerprint density at radius 1 is 0.529 bits per heavy atom. The van der Waals surface area contributed by atoms with Gasteiger partial charge in [0.05, 0.1) is 13.2 Å². The van der Waals surface area contributed by atoms with Crippen LogP contribution in [0.5, 0.6) is 0 Å². The van der Waals surface area contributed by atoms with Gasteiger partial charge in [-0.25, -0.2) is 0 Å². The molecule has 198 valence electrons. The fourth-order valence-electron chi connectivity index (χ4n) is 3.54. The summed E-state index contributed by atoms with van der Waals surface area (Å²) in [5.41, 5.74) is 0. The summed E-state index contributed by atoms with van der Waals surface area (Å²) in [5.74, 6) is -1.54. The van der Waals surface area contributed by atoms with Crippen LogP contribution >= 0.6 is 0 Å². The summed E-state index contributed by atoms with van der Waals surface area (Å²) in [4.78, 5) is 44.4. The number of rotatable bonds is 24. The van der Waals surface area contributed by atoms with Gasteiger partial charge in [-0.2, -0.15) is 0 Å². The second kappa shape index (κ2) is 22.7. The SMILES string of the molecule is CC(CCOC(=O)CCCCCCCCC(=O)O)CCOC(=O)CCCCCCCCC(=O)O. The predicted octanol–water partition coefficient (Wildman–Crippen LogP) is 5.90. The summed E-state index contributed by atoms with van der Waals surface area (Å²) in [7, 11) is 0. The number of carboxylic acid groups (broad SMARTS) is 2. The minimum Gasteiger partial charge on any atom is -0.481 e. The van der Waals surface area contributed by atoms with Gasteiger partial charge < -0.3 is 19.7 Å². The van der Waals surface area contributed by atoms with Gasteiger partial charge in [0.15, 0.2) is 0 Å². The zero-order valence-electron chi connectivity index (χ0n) is 21.1. The van der Waals surface area contributed by atoms with E-state index in [-0.39, 0.29) is 24.8 Å². The largest absolute Gasteiger partial charge is 0.481 e. The highest BCUT2D eigenvalue weighted by Gasteiger charge is 2.08. The van der Waals surface area contributed by atoms with Crippen molar-refractivity contribution >= 4 is 23.9 Å². The van der Waals surface area contributed by atoms with Crippen molar-refractivity contribution in [3.05, 3.63) is 0 Å². The number of aliphatic carboxylic acids is 2. The van der Waals surface area contributed by atoms with Gasteiger partial charge in [-0.15, -0.1) is 0 Å². The molecule has 8 heteroatoms. The lowest BCUT2D eigenvalue weighted by Gasteiger charge is -2.12. The van der Waals surface area contributed by atoms with Crippen molar-refractivity contribution in [2.45, 2.75) is 122 Å². The number of ether oxygens (including phenoxy) is 2. The van der Waals surface area contributed by atoms with Crippen LogP contribution in [0.25, 0.3) is 0 Å². The van der Waals surface area contributed by atoms with Gasteiger partial charge in [0.2, 0.25) is 0 Å². The molecule has 0 spiro atoms. The molecule has 8 nitrogen and oxygen atoms in total. The highest BCUT2D eigenvalue weighted by Crippen LogP contribution is 2.12. The van der Waals surface area contributed by atoms with Gasteiger partial charge in [0.1, 0.15) is 0 Å². The van der Waals surface area contributed by atoms with Crippen molar-refractivity contribution in [3.8, 4) is 0 Å². The minimum absolute atomic E-state index is 0.175. The number of esters is 2. The zero-order chi connectivity index (χ0) is 25.4. The average molecular weight is 487 g/mol. The van der Waals surface area contributed by atoms with E-state index in [0.29, 0.717) is 44.8 Å². The van der Waals surface area contributed by atoms with Crippen LogP contribution in [0.2, 0.25) is 0 Å². The summed E-state index contributed by atoms with van der Waals surface area (Å²) >= 11 is 0. The predicted molar refractivity (Wildman–Crippen MR) is 129 cm³/mol. The normalized spacial score (nSPS) is 10.9. The first-order valence-electron chi connectivity index (χ1n) is 13.1. The monoisotopic (exact) mass is 486 g/mol. The third-order valence-electron chi connectivity index (χ3n) is 5.79. The Morgan fingerprint density at radius 2 is 0.824 bits per heavy atom. The molecule has 0 aliphatic rings. The zero-order valence-corrected chi connectivity index (χ0v) is 21.1. The number of hydrogen-bond acceptors (Lipinski definition) is 6. The van der Waals surface area contributed by atoms with E-state index >= 15 is 0 Å². The van der Waals surface area contributed by atoms with E-state index in [1.165, 1.54) is 0 Å². The third-order valence-corrected chi connectivity index (χ3v) is 5.79. The Hall–Kier alpha value is -2.12. The molecule has 0 saturated heterocycles. The van der Waals surface area contributed by atoms with Crippen LogP contribution in [0.4, 0.5) is 0 Å². The van der Waals surface area contributed by atoms with Gasteiger partial charge >= 0.3 is 23.9 Å². The number of unbranched alkanes of at least 4 members (excludes halogenated alkanes) is 10. The fourth-order valence-corrected chi connectivity index (χ4v) is 3.54. The first-order valence-corrected chi connectivity index (χ1v) is 13.1. The highest BCUT2D eigenvalue weighted by atomic mass is 16.5. The number of carbonyl (C=O) groups is 4. The molecule has 0 unspecified atom stereocenters. The molecule has 0 aromatic rings. The van der Waals surface area contributed by atoms with E-state index in [9.17, 15) is 19.2 Å². The molecule has 0 amide bonds. The highest BCUT2D eigenvalue weighted by molar-refractivity contribution is 5.69. The van der Waals surface area contributed by atoms with Gasteiger partial charge in [0, 0.05) is 25.7 Å². The molecule has 0 aromatic heterocycles. The maximum absolute atomic E-state index is 11.8. The average Bonchev–Trinajstić information content (AvgIpc) is 2.77. The molecule has 2 N–H and O–H groups in total. The molecular weight excluding hydrogens is 440 g/mol. The van der Waals surface area contributed by atoms with E-state index in [4.69, 9.17) is 19.7 Å². The Labute approximate surface area is 204 Å². The second-order valence-electron chi connectivity index (χ2n) is 9.15. The van der Waals surface area contributed by atoms with Crippen LogP contribution in [0.1, 0.15) is 122 Å². The van der Waals surface area contributed by atoms with E-state index in [1.807, 2.05) is 0 Å². The second-order valence-corrected chi connectivity index (χ2v) is 9.15. The molecule has 0 radical (unpaired) electrons. The van der Waals surface area contributed by atoms with Crippen LogP contribution < -0.4 is 0 Å². The summed E-state index contributed by atoms with van der Waals surface area (Å²) in [6.07, 6.45) is 13.6. The lowest BCUT2D eigenvalue weighted by molar-refractivity contribution is -0.144. The Balaban J connectivity index is 3.46. The van der Waals surface area contributed by atoms with Crippen LogP contribution in [0.15, 0.2) is 0 Å². The van der Waals surface area contributed by atoms with Crippen LogP contribution in [-0.4, -0.2) is 47.3 Å². The molecule has 0 atom stereocenters. The number of carboxylic acids is 2. The number of carbonyl (C=O) groups excluding carboxylic acids is 2. The van der Waals surface area contributed by atoms with E-state index in [0.717, 1.165) is 77.0 Å². The van der Waals surface area contributed by atoms with Gasteiger partial charge in [-0.3, -0.25) is 19.2 Å². The molecule has 34 heavy (non-hydrogen) atoms. The molecule has 0 aliphatic carbocycles. The fraction of sp³-hybridized carbons (Fsp3) is 0.846. The molecule has 0 aromatic carbocycles. The molecule has 0 heterocycles. The van der Waals surface area contributed by atoms with Gasteiger partial charge in [0.25, 0.3) is 0 Å². The summed E-state index contributed by atoms with van der Waals surface area (Å²) in [6, 6.07) is 0. The maximum atomic E-state index is 11.8. The quantitative estimate of drug-likeness (QED) is 0.127. The van der Waals surface area contributed by atoms with Crippen LogP contribution in [0, 0.1) is 5.92 Å². The first kappa shape index (κ1) is 31.9. The lowest BCUT2D eigenvalue weighted by atomic mass is 10.1. The maximum Gasteiger partial charge on any atom is 0.305 e. The van der Waals surface area contributed by atoms with Crippen molar-refractivity contribution in [1.29, 1.82) is 0 Å². The van der Waals surface area contributed by atoms with Gasteiger partial charge in [-0.05, 0) is 44.4 Å². The molecule has 0 aliphatic heterocycles. The van der Waals surface area contributed by atoms with Crippen molar-refractivity contribution < 1.29 is 38.9 Å². The van der Waals surface area contributed by atoms with E-state index in [2.05, 4.69) is 6.92 Å². The molecular formula is C26H46O8. The van der Waals surface area contributed by atoms with Crippen LogP contribution in [-0.2, 0) is 28.7 Å². The minimum atomic E-state index is -0.746. The van der Waals surface area contributed by atoms with Crippen molar-refractivity contribution in [2.24, 2.45) is 5.92 Å². The van der Waals surface area contributed by atoms with Gasteiger partial charge in [-0.1, -0.05) is 58.3 Å².